The van der Waals surface area contributed by atoms with Crippen molar-refractivity contribution in [1.82, 2.24) is 9.97 Å². The zero-order valence-electron chi connectivity index (χ0n) is 12.2. The van der Waals surface area contributed by atoms with Crippen molar-refractivity contribution in [3.8, 4) is 5.88 Å². The Kier molecular flexibility index (Phi) is 4.42. The van der Waals surface area contributed by atoms with E-state index in [-0.39, 0.29) is 18.4 Å². The van der Waals surface area contributed by atoms with Crippen LogP contribution in [0, 0.1) is 12.8 Å². The number of carboxylic acid groups (broad SMARTS) is 1. The Balaban J connectivity index is 2.09. The number of ether oxygens (including phenoxy) is 1. The van der Waals surface area contributed by atoms with E-state index in [4.69, 9.17) is 9.84 Å². The number of carboxylic acids is 1. The van der Waals surface area contributed by atoms with Gasteiger partial charge in [-0.1, -0.05) is 0 Å². The first-order valence-corrected chi connectivity index (χ1v) is 6.93. The molecule has 110 valence electrons. The van der Waals surface area contributed by atoms with Crippen molar-refractivity contribution in [3.05, 3.63) is 11.8 Å². The molecule has 0 saturated carbocycles. The second kappa shape index (κ2) is 6.07. The molecule has 1 aromatic rings. The number of hydrogen-bond donors (Lipinski definition) is 1. The van der Waals surface area contributed by atoms with E-state index in [0.29, 0.717) is 18.4 Å². The maximum absolute atomic E-state index is 10.8. The Bertz CT molecular complexity index is 491. The molecule has 1 N–H and O–H groups in total. The maximum atomic E-state index is 10.8. The van der Waals surface area contributed by atoms with Gasteiger partial charge in [0.1, 0.15) is 0 Å². The minimum absolute atomic E-state index is 0.0653. The molecule has 1 atom stereocenters. The minimum Gasteiger partial charge on any atom is -0.481 e. The Morgan fingerprint density at radius 1 is 1.55 bits per heavy atom. The minimum atomic E-state index is -0.745. The topological polar surface area (TPSA) is 75.5 Å². The van der Waals surface area contributed by atoms with E-state index in [1.807, 2.05) is 31.7 Å². The lowest BCUT2D eigenvalue weighted by Gasteiger charge is -2.18. The monoisotopic (exact) mass is 279 g/mol. The van der Waals surface area contributed by atoms with Crippen molar-refractivity contribution in [1.29, 1.82) is 0 Å². The van der Waals surface area contributed by atoms with Crippen LogP contribution in [0.5, 0.6) is 5.88 Å². The van der Waals surface area contributed by atoms with E-state index in [2.05, 4.69) is 9.97 Å². The Labute approximate surface area is 118 Å². The molecule has 6 nitrogen and oxygen atoms in total. The molecule has 1 aliphatic rings. The molecule has 1 saturated heterocycles. The summed E-state index contributed by atoms with van der Waals surface area (Å²) in [7, 11) is 0. The second-order valence-electron chi connectivity index (χ2n) is 5.51. The first kappa shape index (κ1) is 14.6. The van der Waals surface area contributed by atoms with E-state index in [1.165, 1.54) is 0 Å². The van der Waals surface area contributed by atoms with Gasteiger partial charge in [0.25, 0.3) is 0 Å². The fraction of sp³-hybridized carbons (Fsp3) is 0.643. The summed E-state index contributed by atoms with van der Waals surface area (Å²) in [5.74, 6) is 0.634. The van der Waals surface area contributed by atoms with E-state index < -0.39 is 5.97 Å². The molecular weight excluding hydrogens is 258 g/mol. The highest BCUT2D eigenvalue weighted by Gasteiger charge is 2.26. The van der Waals surface area contributed by atoms with Gasteiger partial charge in [0.2, 0.25) is 11.8 Å². The van der Waals surface area contributed by atoms with Crippen LogP contribution < -0.4 is 9.64 Å². The Morgan fingerprint density at radius 2 is 2.30 bits per heavy atom. The average Bonchev–Trinajstić information content (AvgIpc) is 2.74. The molecule has 0 radical (unpaired) electrons. The zero-order valence-corrected chi connectivity index (χ0v) is 12.2. The normalized spacial score (nSPS) is 18.6. The largest absolute Gasteiger partial charge is 0.481 e. The molecule has 1 fully saturated rings. The van der Waals surface area contributed by atoms with Crippen molar-refractivity contribution in [2.45, 2.75) is 39.7 Å². The van der Waals surface area contributed by atoms with E-state index >= 15 is 0 Å². The van der Waals surface area contributed by atoms with Crippen molar-refractivity contribution < 1.29 is 14.6 Å². The van der Waals surface area contributed by atoms with Gasteiger partial charge in [0.05, 0.1) is 6.10 Å². The molecule has 0 bridgehead atoms. The smallest absolute Gasteiger partial charge is 0.303 e. The number of aromatic nitrogens is 2. The fourth-order valence-corrected chi connectivity index (χ4v) is 2.40. The first-order valence-electron chi connectivity index (χ1n) is 6.93. The van der Waals surface area contributed by atoms with Gasteiger partial charge in [-0.3, -0.25) is 4.79 Å². The number of aryl methyl sites for hydroxylation is 1. The molecule has 2 heterocycles. The quantitative estimate of drug-likeness (QED) is 0.887. The van der Waals surface area contributed by atoms with Crippen LogP contribution in [0.3, 0.4) is 0 Å². The molecule has 1 aromatic heterocycles. The van der Waals surface area contributed by atoms with E-state index in [9.17, 15) is 4.79 Å². The van der Waals surface area contributed by atoms with Gasteiger partial charge in [-0.2, -0.15) is 4.98 Å². The zero-order chi connectivity index (χ0) is 14.7. The van der Waals surface area contributed by atoms with E-state index in [0.717, 1.165) is 18.7 Å². The van der Waals surface area contributed by atoms with Gasteiger partial charge in [-0.25, -0.2) is 4.98 Å². The van der Waals surface area contributed by atoms with Gasteiger partial charge in [0.15, 0.2) is 0 Å². The Morgan fingerprint density at radius 3 is 2.95 bits per heavy atom. The number of anilines is 1. The second-order valence-corrected chi connectivity index (χ2v) is 5.51. The molecular formula is C14H21N3O3. The third kappa shape index (κ3) is 3.82. The van der Waals surface area contributed by atoms with Gasteiger partial charge in [-0.05, 0) is 33.1 Å². The van der Waals surface area contributed by atoms with Crippen LogP contribution >= 0.6 is 0 Å². The lowest BCUT2D eigenvalue weighted by atomic mass is 10.1. The lowest BCUT2D eigenvalue weighted by molar-refractivity contribution is -0.137. The number of rotatable bonds is 5. The van der Waals surface area contributed by atoms with Crippen molar-refractivity contribution >= 4 is 11.9 Å². The molecule has 2 rings (SSSR count). The summed E-state index contributed by atoms with van der Waals surface area (Å²) in [5.41, 5.74) is 0.854. The van der Waals surface area contributed by atoms with Crippen molar-refractivity contribution in [3.63, 3.8) is 0 Å². The molecule has 0 aromatic carbocycles. The van der Waals surface area contributed by atoms with Crippen LogP contribution in [0.1, 0.15) is 32.4 Å². The van der Waals surface area contributed by atoms with Crippen LogP contribution in [-0.4, -0.2) is 40.2 Å². The van der Waals surface area contributed by atoms with Crippen molar-refractivity contribution in [2.24, 2.45) is 5.92 Å². The van der Waals surface area contributed by atoms with E-state index in [1.54, 1.807) is 0 Å². The van der Waals surface area contributed by atoms with Gasteiger partial charge in [0, 0.05) is 31.3 Å². The number of aliphatic carboxylic acids is 1. The number of nitrogens with zero attached hydrogens (tertiary/aromatic N) is 3. The molecule has 0 spiro atoms. The maximum Gasteiger partial charge on any atom is 0.303 e. The summed E-state index contributed by atoms with van der Waals surface area (Å²) in [6, 6.07) is 1.81. The fourth-order valence-electron chi connectivity index (χ4n) is 2.40. The van der Waals surface area contributed by atoms with Crippen LogP contribution in [0.4, 0.5) is 5.95 Å². The van der Waals surface area contributed by atoms with Crippen LogP contribution in [0.15, 0.2) is 6.07 Å². The third-order valence-corrected chi connectivity index (χ3v) is 3.21. The SMILES string of the molecule is Cc1cc(OC(C)C)nc(N2CCC(CC(=O)O)C2)n1. The third-order valence-electron chi connectivity index (χ3n) is 3.21. The predicted octanol–water partition coefficient (Wildman–Crippen LogP) is 1.87. The van der Waals surface area contributed by atoms with Gasteiger partial charge >= 0.3 is 5.97 Å². The highest BCUT2D eigenvalue weighted by atomic mass is 16.5. The molecule has 1 aliphatic heterocycles. The molecule has 20 heavy (non-hydrogen) atoms. The van der Waals surface area contributed by atoms with Crippen LogP contribution in [0.2, 0.25) is 0 Å². The highest BCUT2D eigenvalue weighted by Crippen LogP contribution is 2.25. The number of hydrogen-bond acceptors (Lipinski definition) is 5. The van der Waals surface area contributed by atoms with Crippen LogP contribution in [-0.2, 0) is 4.79 Å². The molecule has 6 heteroatoms. The summed E-state index contributed by atoms with van der Waals surface area (Å²) >= 11 is 0. The standard InChI is InChI=1S/C14H21N3O3/c1-9(2)20-12-6-10(3)15-14(16-12)17-5-4-11(8-17)7-13(18)19/h6,9,11H,4-5,7-8H2,1-3H3,(H,18,19). The average molecular weight is 279 g/mol. The highest BCUT2D eigenvalue weighted by molar-refractivity contribution is 5.67. The summed E-state index contributed by atoms with van der Waals surface area (Å²) < 4.78 is 5.61. The van der Waals surface area contributed by atoms with Crippen molar-refractivity contribution in [2.75, 3.05) is 18.0 Å². The molecule has 0 aliphatic carbocycles. The summed E-state index contributed by atoms with van der Waals surface area (Å²) in [5, 5.41) is 8.85. The predicted molar refractivity (Wildman–Crippen MR) is 75.1 cm³/mol. The molecule has 0 amide bonds. The van der Waals surface area contributed by atoms with Crippen LogP contribution in [0.25, 0.3) is 0 Å². The van der Waals surface area contributed by atoms with Gasteiger partial charge in [-0.15, -0.1) is 0 Å². The molecule has 1 unspecified atom stereocenters. The summed E-state index contributed by atoms with van der Waals surface area (Å²) in [4.78, 5) is 21.6. The number of carbonyl (C=O) groups is 1. The summed E-state index contributed by atoms with van der Waals surface area (Å²) in [6.45, 7) is 7.30. The first-order chi connectivity index (χ1) is 9.44. The van der Waals surface area contributed by atoms with Gasteiger partial charge < -0.3 is 14.7 Å². The Hall–Kier alpha value is -1.85. The summed E-state index contributed by atoms with van der Waals surface area (Å²) in [6.07, 6.45) is 1.14. The lowest BCUT2D eigenvalue weighted by Crippen LogP contribution is -2.23.